The minimum absolute atomic E-state index is 0.0560. The minimum atomic E-state index is -0.434. The van der Waals surface area contributed by atoms with Crippen molar-refractivity contribution in [3.8, 4) is 0 Å². The van der Waals surface area contributed by atoms with Crippen LogP contribution in [-0.2, 0) is 9.59 Å². The molecule has 0 spiro atoms. The Labute approximate surface area is 127 Å². The lowest BCUT2D eigenvalue weighted by molar-refractivity contribution is -0.135. The number of thioether (sulfide) groups is 1. The average molecular weight is 309 g/mol. The average Bonchev–Trinajstić information content (AvgIpc) is 3.07. The van der Waals surface area contributed by atoms with E-state index in [1.165, 1.54) is 0 Å². The van der Waals surface area contributed by atoms with Crippen molar-refractivity contribution in [2.75, 3.05) is 11.1 Å². The number of hydrogen-bond donors (Lipinski definition) is 2. The Hall–Kier alpha value is -1.57. The van der Waals surface area contributed by atoms with E-state index in [0.717, 1.165) is 12.2 Å². The van der Waals surface area contributed by atoms with Crippen molar-refractivity contribution < 1.29 is 9.59 Å². The van der Waals surface area contributed by atoms with Gasteiger partial charge in [-0.05, 0) is 13.3 Å². The summed E-state index contributed by atoms with van der Waals surface area (Å²) in [6.45, 7) is 6.02. The molecule has 1 aromatic rings. The number of amides is 2. The molecule has 0 radical (unpaired) electrons. The molecule has 21 heavy (non-hydrogen) atoms. The molecule has 0 aliphatic carbocycles. The molecule has 0 bridgehead atoms. The smallest absolute Gasteiger partial charge is 0.250 e. The normalized spacial score (nSPS) is 28.3. The van der Waals surface area contributed by atoms with Crippen LogP contribution in [0.1, 0.15) is 45.4 Å². The molecule has 2 fully saturated rings. The molecule has 3 rings (SSSR count). The summed E-state index contributed by atoms with van der Waals surface area (Å²) in [7, 11) is 0. The van der Waals surface area contributed by atoms with E-state index in [0.29, 0.717) is 12.2 Å². The van der Waals surface area contributed by atoms with E-state index in [-0.39, 0.29) is 28.6 Å². The van der Waals surface area contributed by atoms with Gasteiger partial charge in [-0.3, -0.25) is 20.0 Å². The SMILES string of the molecule is CC(C)c1nc(NC(=O)[C@@H]2CS[C@@]3(C)CCC(=O)N23)n[nH]1. The van der Waals surface area contributed by atoms with E-state index in [1.54, 1.807) is 16.7 Å². The Morgan fingerprint density at radius 2 is 2.33 bits per heavy atom. The van der Waals surface area contributed by atoms with Gasteiger partial charge in [-0.2, -0.15) is 4.98 Å². The maximum Gasteiger partial charge on any atom is 0.250 e. The van der Waals surface area contributed by atoms with Crippen molar-refractivity contribution in [3.63, 3.8) is 0 Å². The van der Waals surface area contributed by atoms with Crippen LogP contribution in [0.25, 0.3) is 0 Å². The van der Waals surface area contributed by atoms with Gasteiger partial charge in [0, 0.05) is 18.1 Å². The molecule has 1 aromatic heterocycles. The van der Waals surface area contributed by atoms with Gasteiger partial charge in [0.1, 0.15) is 11.9 Å². The van der Waals surface area contributed by atoms with Crippen LogP contribution in [0.5, 0.6) is 0 Å². The maximum atomic E-state index is 12.4. The summed E-state index contributed by atoms with van der Waals surface area (Å²) in [5.41, 5.74) is 0. The third-order valence-electron chi connectivity index (χ3n) is 4.03. The molecule has 0 saturated carbocycles. The van der Waals surface area contributed by atoms with Gasteiger partial charge in [0.05, 0.1) is 4.87 Å². The summed E-state index contributed by atoms with van der Waals surface area (Å²) < 4.78 is 0. The molecular weight excluding hydrogens is 290 g/mol. The van der Waals surface area contributed by atoms with Crippen molar-refractivity contribution >= 4 is 29.5 Å². The Morgan fingerprint density at radius 3 is 3.00 bits per heavy atom. The van der Waals surface area contributed by atoms with Gasteiger partial charge in [-0.25, -0.2) is 0 Å². The number of aromatic nitrogens is 3. The van der Waals surface area contributed by atoms with E-state index in [9.17, 15) is 9.59 Å². The number of hydrogen-bond acceptors (Lipinski definition) is 5. The molecule has 2 saturated heterocycles. The van der Waals surface area contributed by atoms with E-state index >= 15 is 0 Å². The van der Waals surface area contributed by atoms with Crippen LogP contribution in [0.3, 0.4) is 0 Å². The van der Waals surface area contributed by atoms with Crippen molar-refractivity contribution in [3.05, 3.63) is 5.82 Å². The molecule has 0 aromatic carbocycles. The lowest BCUT2D eigenvalue weighted by Crippen LogP contribution is -2.48. The van der Waals surface area contributed by atoms with Gasteiger partial charge in [0.15, 0.2) is 0 Å². The number of rotatable bonds is 3. The van der Waals surface area contributed by atoms with Crippen molar-refractivity contribution in [2.45, 2.75) is 50.4 Å². The standard InChI is InChI=1S/C13H19N5O2S/c1-7(2)10-14-12(17-16-10)15-11(20)8-6-21-13(3)5-4-9(19)18(8)13/h7-8H,4-6H2,1-3H3,(H2,14,15,16,17,20)/t8-,13-/m0/s1. The Morgan fingerprint density at radius 1 is 1.57 bits per heavy atom. The number of carbonyl (C=O) groups is 2. The van der Waals surface area contributed by atoms with Crippen molar-refractivity contribution in [1.82, 2.24) is 20.1 Å². The second-order valence-electron chi connectivity index (χ2n) is 5.95. The number of carbonyl (C=O) groups excluding carboxylic acids is 2. The molecule has 0 unspecified atom stereocenters. The first kappa shape index (κ1) is 14.4. The fourth-order valence-electron chi connectivity index (χ4n) is 2.80. The van der Waals surface area contributed by atoms with Crippen molar-refractivity contribution in [2.24, 2.45) is 0 Å². The molecule has 2 amide bonds. The number of aromatic amines is 1. The first-order valence-electron chi connectivity index (χ1n) is 7.10. The maximum absolute atomic E-state index is 12.4. The molecule has 2 atom stereocenters. The third-order valence-corrected chi connectivity index (χ3v) is 5.54. The molecule has 2 N–H and O–H groups in total. The van der Waals surface area contributed by atoms with Crippen LogP contribution in [-0.4, -0.2) is 48.6 Å². The monoisotopic (exact) mass is 309 g/mol. The van der Waals surface area contributed by atoms with E-state index in [4.69, 9.17) is 0 Å². The minimum Gasteiger partial charge on any atom is -0.315 e. The summed E-state index contributed by atoms with van der Waals surface area (Å²) in [6, 6.07) is -0.434. The Bertz CT molecular complexity index is 587. The summed E-state index contributed by atoms with van der Waals surface area (Å²) in [5, 5.41) is 9.50. The third kappa shape index (κ3) is 2.41. The highest BCUT2D eigenvalue weighted by Crippen LogP contribution is 2.47. The summed E-state index contributed by atoms with van der Waals surface area (Å²) in [4.78, 5) is 30.2. The van der Waals surface area contributed by atoms with Crippen molar-refractivity contribution in [1.29, 1.82) is 0 Å². The molecule has 2 aliphatic heterocycles. The van der Waals surface area contributed by atoms with Crippen LogP contribution < -0.4 is 5.32 Å². The first-order valence-corrected chi connectivity index (χ1v) is 8.08. The lowest BCUT2D eigenvalue weighted by Gasteiger charge is -2.29. The molecule has 3 heterocycles. The lowest BCUT2D eigenvalue weighted by atomic mass is 10.2. The first-order chi connectivity index (χ1) is 9.90. The fourth-order valence-corrected chi connectivity index (χ4v) is 4.23. The fraction of sp³-hybridized carbons (Fsp3) is 0.692. The highest BCUT2D eigenvalue weighted by Gasteiger charge is 2.52. The zero-order chi connectivity index (χ0) is 15.2. The molecule has 114 valence electrons. The van der Waals surface area contributed by atoms with Crippen LogP contribution in [0.4, 0.5) is 5.95 Å². The highest BCUT2D eigenvalue weighted by atomic mass is 32.2. The van der Waals surface area contributed by atoms with Gasteiger partial charge in [-0.1, -0.05) is 13.8 Å². The zero-order valence-corrected chi connectivity index (χ0v) is 13.2. The van der Waals surface area contributed by atoms with Crippen LogP contribution in [0, 0.1) is 0 Å². The van der Waals surface area contributed by atoms with Crippen LogP contribution in [0.15, 0.2) is 0 Å². The van der Waals surface area contributed by atoms with Gasteiger partial charge in [-0.15, -0.1) is 16.9 Å². The largest absolute Gasteiger partial charge is 0.315 e. The Balaban J connectivity index is 1.72. The number of H-pyrrole nitrogens is 1. The Kier molecular flexibility index (Phi) is 3.43. The summed E-state index contributed by atoms with van der Waals surface area (Å²) >= 11 is 1.67. The zero-order valence-electron chi connectivity index (χ0n) is 12.3. The van der Waals surface area contributed by atoms with Gasteiger partial charge < -0.3 is 4.90 Å². The van der Waals surface area contributed by atoms with E-state index in [1.807, 2.05) is 20.8 Å². The number of anilines is 1. The molecule has 7 nitrogen and oxygen atoms in total. The molecule has 8 heteroatoms. The van der Waals surface area contributed by atoms with Gasteiger partial charge in [0.25, 0.3) is 0 Å². The summed E-state index contributed by atoms with van der Waals surface area (Å²) in [5.74, 6) is 1.68. The number of nitrogens with zero attached hydrogens (tertiary/aromatic N) is 3. The van der Waals surface area contributed by atoms with Crippen LogP contribution >= 0.6 is 11.8 Å². The van der Waals surface area contributed by atoms with E-state index < -0.39 is 6.04 Å². The van der Waals surface area contributed by atoms with Gasteiger partial charge >= 0.3 is 0 Å². The van der Waals surface area contributed by atoms with Crippen LogP contribution in [0.2, 0.25) is 0 Å². The molecular formula is C13H19N5O2S. The predicted octanol–water partition coefficient (Wildman–Crippen LogP) is 1.32. The molecule has 2 aliphatic rings. The quantitative estimate of drug-likeness (QED) is 0.878. The van der Waals surface area contributed by atoms with Gasteiger partial charge in [0.2, 0.25) is 17.8 Å². The second-order valence-corrected chi connectivity index (χ2v) is 7.46. The number of fused-ring (bicyclic) bond motifs is 1. The van der Waals surface area contributed by atoms with E-state index in [2.05, 4.69) is 20.5 Å². The summed E-state index contributed by atoms with van der Waals surface area (Å²) in [6.07, 6.45) is 1.32. The predicted molar refractivity (Wildman–Crippen MR) is 79.8 cm³/mol. The second kappa shape index (κ2) is 5.01. The number of nitrogens with one attached hydrogen (secondary N) is 2. The highest BCUT2D eigenvalue weighted by molar-refractivity contribution is 8.01. The topological polar surface area (TPSA) is 91.0 Å².